The minimum Gasteiger partial charge on any atom is -0.325 e. The molecule has 0 aliphatic rings. The summed E-state index contributed by atoms with van der Waals surface area (Å²) in [4.78, 5) is 41.5. The van der Waals surface area contributed by atoms with Gasteiger partial charge in [-0.2, -0.15) is 13.2 Å². The topological polar surface area (TPSA) is 93.1 Å². The van der Waals surface area contributed by atoms with Gasteiger partial charge in [-0.3, -0.25) is 19.0 Å². The lowest BCUT2D eigenvalue weighted by molar-refractivity contribution is -0.137. The quantitative estimate of drug-likeness (QED) is 0.395. The van der Waals surface area contributed by atoms with Gasteiger partial charge in [0.15, 0.2) is 5.16 Å². The molecule has 0 atom stereocenters. The molecule has 11 heteroatoms. The first kappa shape index (κ1) is 25.0. The molecule has 0 bridgehead atoms. The molecule has 2 N–H and O–H groups in total. The van der Waals surface area contributed by atoms with E-state index in [2.05, 4.69) is 15.6 Å². The maximum absolute atomic E-state index is 13.1. The smallest absolute Gasteiger partial charge is 0.325 e. The van der Waals surface area contributed by atoms with E-state index in [1.165, 1.54) is 19.2 Å². The van der Waals surface area contributed by atoms with E-state index in [0.29, 0.717) is 5.69 Å². The van der Waals surface area contributed by atoms with E-state index in [0.717, 1.165) is 45.8 Å². The van der Waals surface area contributed by atoms with Crippen LogP contribution in [0.2, 0.25) is 0 Å². The Labute approximate surface area is 197 Å². The summed E-state index contributed by atoms with van der Waals surface area (Å²) in [7, 11) is 1.39. The molecule has 34 heavy (non-hydrogen) atoms. The fourth-order valence-electron chi connectivity index (χ4n) is 2.99. The van der Waals surface area contributed by atoms with Crippen molar-refractivity contribution in [3.63, 3.8) is 0 Å². The van der Waals surface area contributed by atoms with Crippen molar-refractivity contribution in [2.24, 2.45) is 7.05 Å². The molecule has 0 aliphatic carbocycles. The highest BCUT2D eigenvalue weighted by Crippen LogP contribution is 2.34. The molecule has 1 aromatic heterocycles. The Bertz CT molecular complexity index is 1310. The van der Waals surface area contributed by atoms with E-state index in [1.807, 2.05) is 19.9 Å². The molecule has 0 saturated heterocycles. The van der Waals surface area contributed by atoms with Crippen LogP contribution in [0.15, 0.2) is 58.6 Å². The van der Waals surface area contributed by atoms with Crippen LogP contribution in [0.5, 0.6) is 0 Å². The molecule has 2 amide bonds. The average molecular weight is 491 g/mol. The van der Waals surface area contributed by atoms with Gasteiger partial charge in [-0.15, -0.1) is 0 Å². The van der Waals surface area contributed by atoms with Gasteiger partial charge in [0.1, 0.15) is 5.56 Å². The lowest BCUT2D eigenvalue weighted by Gasteiger charge is -2.13. The van der Waals surface area contributed by atoms with Crippen molar-refractivity contribution < 1.29 is 22.8 Å². The van der Waals surface area contributed by atoms with Crippen LogP contribution in [0.4, 0.5) is 24.5 Å². The number of thioether (sulfide) groups is 1. The number of amides is 2. The second kappa shape index (κ2) is 10.1. The van der Waals surface area contributed by atoms with Crippen molar-refractivity contribution in [1.82, 2.24) is 9.55 Å². The first-order valence-corrected chi connectivity index (χ1v) is 11.0. The van der Waals surface area contributed by atoms with Gasteiger partial charge in [0.25, 0.3) is 11.5 Å². The van der Waals surface area contributed by atoms with Crippen LogP contribution in [0.1, 0.15) is 27.0 Å². The molecule has 0 unspecified atom stereocenters. The standard InChI is InChI=1S/C23H21F3N4O3S/c1-13-8-9-15(10-14(13)2)28-20(32)16-11-27-22(30(3)21(16)33)34-12-19(31)29-18-7-5-4-6-17(18)23(24,25)26/h4-11H,12H2,1-3H3,(H,28,32)(H,29,31). The van der Waals surface area contributed by atoms with E-state index >= 15 is 0 Å². The van der Waals surface area contributed by atoms with Gasteiger partial charge in [0, 0.05) is 18.9 Å². The van der Waals surface area contributed by atoms with Crippen LogP contribution in [-0.2, 0) is 18.0 Å². The largest absolute Gasteiger partial charge is 0.418 e. The van der Waals surface area contributed by atoms with Crippen LogP contribution in [0.3, 0.4) is 0 Å². The number of alkyl halides is 3. The zero-order chi connectivity index (χ0) is 25.0. The van der Waals surface area contributed by atoms with Crippen LogP contribution in [-0.4, -0.2) is 27.1 Å². The van der Waals surface area contributed by atoms with Gasteiger partial charge in [-0.25, -0.2) is 4.98 Å². The van der Waals surface area contributed by atoms with Crippen molar-refractivity contribution >= 4 is 35.0 Å². The summed E-state index contributed by atoms with van der Waals surface area (Å²) >= 11 is 0.857. The Balaban J connectivity index is 1.68. The fraction of sp³-hybridized carbons (Fsp3) is 0.217. The summed E-state index contributed by atoms with van der Waals surface area (Å²) < 4.78 is 40.4. The molecule has 3 aromatic rings. The predicted molar refractivity (Wildman–Crippen MR) is 124 cm³/mol. The van der Waals surface area contributed by atoms with Crippen LogP contribution in [0, 0.1) is 13.8 Å². The van der Waals surface area contributed by atoms with Gasteiger partial charge in [0.05, 0.1) is 17.0 Å². The fourth-order valence-corrected chi connectivity index (χ4v) is 3.73. The summed E-state index contributed by atoms with van der Waals surface area (Å²) in [5, 5.41) is 5.01. The lowest BCUT2D eigenvalue weighted by Crippen LogP contribution is -2.29. The molecule has 0 radical (unpaired) electrons. The monoisotopic (exact) mass is 490 g/mol. The Morgan fingerprint density at radius 3 is 2.44 bits per heavy atom. The third-order valence-corrected chi connectivity index (χ3v) is 6.02. The molecule has 0 aliphatic heterocycles. The number of rotatable bonds is 6. The summed E-state index contributed by atoms with van der Waals surface area (Å²) in [6.07, 6.45) is -3.51. The Hall–Kier alpha value is -3.60. The third kappa shape index (κ3) is 5.84. The second-order valence-corrected chi connectivity index (χ2v) is 8.39. The second-order valence-electron chi connectivity index (χ2n) is 7.45. The maximum atomic E-state index is 13.1. The zero-order valence-corrected chi connectivity index (χ0v) is 19.3. The number of halogens is 3. The van der Waals surface area contributed by atoms with E-state index in [-0.39, 0.29) is 22.2 Å². The number of nitrogens with zero attached hydrogens (tertiary/aromatic N) is 2. The molecule has 1 heterocycles. The molecule has 7 nitrogen and oxygen atoms in total. The predicted octanol–water partition coefficient (Wildman–Crippen LogP) is 4.40. The minimum absolute atomic E-state index is 0.131. The molecule has 0 spiro atoms. The molecule has 2 aromatic carbocycles. The molecular weight excluding hydrogens is 469 g/mol. The number of para-hydroxylation sites is 1. The number of nitrogens with one attached hydrogen (secondary N) is 2. The van der Waals surface area contributed by atoms with Crippen LogP contribution < -0.4 is 16.2 Å². The summed E-state index contributed by atoms with van der Waals surface area (Å²) in [5.41, 5.74) is 0.438. The zero-order valence-electron chi connectivity index (χ0n) is 18.5. The number of anilines is 2. The van der Waals surface area contributed by atoms with Gasteiger partial charge in [0.2, 0.25) is 5.91 Å². The van der Waals surface area contributed by atoms with E-state index in [4.69, 9.17) is 0 Å². The van der Waals surface area contributed by atoms with Crippen molar-refractivity contribution in [2.75, 3.05) is 16.4 Å². The first-order valence-electron chi connectivity index (χ1n) is 10.0. The summed E-state index contributed by atoms with van der Waals surface area (Å²) in [5.74, 6) is -1.62. The van der Waals surface area contributed by atoms with Gasteiger partial charge >= 0.3 is 6.18 Å². The molecule has 0 saturated carbocycles. The highest BCUT2D eigenvalue weighted by molar-refractivity contribution is 7.99. The Morgan fingerprint density at radius 2 is 1.76 bits per heavy atom. The van der Waals surface area contributed by atoms with Crippen molar-refractivity contribution in [1.29, 1.82) is 0 Å². The summed E-state index contributed by atoms with van der Waals surface area (Å²) in [6.45, 7) is 3.84. The van der Waals surface area contributed by atoms with Crippen molar-refractivity contribution in [3.8, 4) is 0 Å². The van der Waals surface area contributed by atoms with E-state index in [1.54, 1.807) is 12.1 Å². The number of aryl methyl sites for hydroxylation is 2. The summed E-state index contributed by atoms with van der Waals surface area (Å²) in [6, 6.07) is 9.98. The third-order valence-electron chi connectivity index (χ3n) is 4.97. The Kier molecular flexibility index (Phi) is 7.45. The lowest BCUT2D eigenvalue weighted by atomic mass is 10.1. The molecular formula is C23H21F3N4O3S. The molecule has 3 rings (SSSR count). The molecule has 0 fully saturated rings. The normalized spacial score (nSPS) is 11.2. The first-order chi connectivity index (χ1) is 16.0. The number of benzene rings is 2. The number of carbonyl (C=O) groups is 2. The highest BCUT2D eigenvalue weighted by Gasteiger charge is 2.33. The number of carbonyl (C=O) groups excluding carboxylic acids is 2. The van der Waals surface area contributed by atoms with Crippen molar-refractivity contribution in [2.45, 2.75) is 25.2 Å². The number of aromatic nitrogens is 2. The highest BCUT2D eigenvalue weighted by atomic mass is 32.2. The van der Waals surface area contributed by atoms with E-state index in [9.17, 15) is 27.6 Å². The van der Waals surface area contributed by atoms with Gasteiger partial charge < -0.3 is 10.6 Å². The van der Waals surface area contributed by atoms with Crippen molar-refractivity contribution in [3.05, 3.63) is 81.3 Å². The number of hydrogen-bond acceptors (Lipinski definition) is 5. The number of hydrogen-bond donors (Lipinski definition) is 2. The van der Waals surface area contributed by atoms with Gasteiger partial charge in [-0.1, -0.05) is 30.0 Å². The Morgan fingerprint density at radius 1 is 1.06 bits per heavy atom. The minimum atomic E-state index is -4.61. The van der Waals surface area contributed by atoms with Crippen LogP contribution >= 0.6 is 11.8 Å². The average Bonchev–Trinajstić information content (AvgIpc) is 2.77. The molecule has 178 valence electrons. The van der Waals surface area contributed by atoms with Crippen LogP contribution in [0.25, 0.3) is 0 Å². The maximum Gasteiger partial charge on any atom is 0.418 e. The van der Waals surface area contributed by atoms with Gasteiger partial charge in [-0.05, 0) is 49.2 Å². The SMILES string of the molecule is Cc1ccc(NC(=O)c2cnc(SCC(=O)Nc3ccccc3C(F)(F)F)n(C)c2=O)cc1C. The van der Waals surface area contributed by atoms with E-state index < -0.39 is 29.1 Å².